The fourth-order valence-electron chi connectivity index (χ4n) is 4.53. The second-order valence-corrected chi connectivity index (χ2v) is 10.9. The molecule has 2 unspecified atom stereocenters. The van der Waals surface area contributed by atoms with E-state index in [1.807, 2.05) is 20.8 Å². The summed E-state index contributed by atoms with van der Waals surface area (Å²) in [4.78, 5) is 29.1. The van der Waals surface area contributed by atoms with E-state index in [0.29, 0.717) is 25.8 Å². The lowest BCUT2D eigenvalue weighted by Gasteiger charge is -2.35. The van der Waals surface area contributed by atoms with Gasteiger partial charge in [-0.1, -0.05) is 50.6 Å². The van der Waals surface area contributed by atoms with Crippen molar-refractivity contribution in [3.63, 3.8) is 0 Å². The van der Waals surface area contributed by atoms with Gasteiger partial charge in [-0.25, -0.2) is 0 Å². The molecule has 184 valence electrons. The van der Waals surface area contributed by atoms with Gasteiger partial charge in [0.25, 0.3) is 0 Å². The second kappa shape index (κ2) is 12.1. The van der Waals surface area contributed by atoms with E-state index in [9.17, 15) is 9.59 Å². The summed E-state index contributed by atoms with van der Waals surface area (Å²) in [5, 5.41) is 3.00. The molecule has 3 rings (SSSR count). The standard InChI is InChI=1S/C27H43N3O3/c1-21-8-10-22(11-9-21)19-29-14-16-30(17-15-29)20-24-13-12-23(33-24)18-28-26(32)7-5-6-25(31)27(2,3)4/h8-11,23-24H,5-7,12-20H2,1-4H3,(H,28,32). The first-order valence-corrected chi connectivity index (χ1v) is 12.6. The number of carbonyl (C=O) groups excluding carboxylic acids is 2. The van der Waals surface area contributed by atoms with E-state index in [0.717, 1.165) is 52.1 Å². The number of carbonyl (C=O) groups is 2. The number of amides is 1. The van der Waals surface area contributed by atoms with E-state index in [-0.39, 0.29) is 29.3 Å². The quantitative estimate of drug-likeness (QED) is 0.582. The van der Waals surface area contributed by atoms with Crippen molar-refractivity contribution in [2.45, 2.75) is 78.6 Å². The first-order valence-electron chi connectivity index (χ1n) is 12.6. The highest BCUT2D eigenvalue weighted by Gasteiger charge is 2.28. The summed E-state index contributed by atoms with van der Waals surface area (Å²) in [6.45, 7) is 14.9. The monoisotopic (exact) mass is 457 g/mol. The Labute approximate surface area is 200 Å². The minimum absolute atomic E-state index is 0.0217. The van der Waals surface area contributed by atoms with Crippen LogP contribution in [0.3, 0.4) is 0 Å². The third-order valence-electron chi connectivity index (χ3n) is 6.82. The molecule has 0 aliphatic carbocycles. The van der Waals surface area contributed by atoms with Crippen LogP contribution in [0.5, 0.6) is 0 Å². The van der Waals surface area contributed by atoms with Gasteiger partial charge in [0, 0.05) is 64.1 Å². The first kappa shape index (κ1) is 25.9. The van der Waals surface area contributed by atoms with Crippen molar-refractivity contribution in [1.82, 2.24) is 15.1 Å². The maximum absolute atomic E-state index is 12.1. The highest BCUT2D eigenvalue weighted by Crippen LogP contribution is 2.21. The van der Waals surface area contributed by atoms with Crippen LogP contribution in [0.25, 0.3) is 0 Å². The van der Waals surface area contributed by atoms with Crippen LogP contribution in [-0.2, 0) is 20.9 Å². The molecule has 2 aliphatic rings. The Hall–Kier alpha value is -1.76. The zero-order valence-electron chi connectivity index (χ0n) is 21.1. The number of hydrogen-bond donors (Lipinski definition) is 1. The van der Waals surface area contributed by atoms with E-state index >= 15 is 0 Å². The van der Waals surface area contributed by atoms with E-state index in [1.165, 1.54) is 11.1 Å². The van der Waals surface area contributed by atoms with Crippen molar-refractivity contribution >= 4 is 11.7 Å². The zero-order valence-corrected chi connectivity index (χ0v) is 21.1. The lowest BCUT2D eigenvalue weighted by Crippen LogP contribution is -2.48. The van der Waals surface area contributed by atoms with Gasteiger partial charge in [0.05, 0.1) is 12.2 Å². The molecular weight excluding hydrogens is 414 g/mol. The minimum Gasteiger partial charge on any atom is -0.372 e. The normalized spacial score (nSPS) is 22.4. The number of piperazine rings is 1. The molecular formula is C27H43N3O3. The number of Topliss-reactive ketones (excluding diaryl/α,β-unsaturated/α-hetero) is 1. The molecule has 2 fully saturated rings. The second-order valence-electron chi connectivity index (χ2n) is 10.9. The predicted molar refractivity (Wildman–Crippen MR) is 132 cm³/mol. The Morgan fingerprint density at radius 1 is 0.970 bits per heavy atom. The summed E-state index contributed by atoms with van der Waals surface area (Å²) in [7, 11) is 0. The fraction of sp³-hybridized carbons (Fsp3) is 0.704. The number of rotatable bonds is 10. The number of nitrogens with one attached hydrogen (secondary N) is 1. The molecule has 0 spiro atoms. The summed E-state index contributed by atoms with van der Waals surface area (Å²) in [5.74, 6) is 0.238. The van der Waals surface area contributed by atoms with Gasteiger partial charge in [0.2, 0.25) is 5.91 Å². The minimum atomic E-state index is -0.323. The molecule has 6 nitrogen and oxygen atoms in total. The predicted octanol–water partition coefficient (Wildman–Crippen LogP) is 3.56. The van der Waals surface area contributed by atoms with Crippen molar-refractivity contribution in [3.05, 3.63) is 35.4 Å². The van der Waals surface area contributed by atoms with Crippen molar-refractivity contribution in [2.24, 2.45) is 5.41 Å². The lowest BCUT2D eigenvalue weighted by molar-refractivity contribution is -0.126. The average molecular weight is 458 g/mol. The molecule has 1 aromatic carbocycles. The van der Waals surface area contributed by atoms with Gasteiger partial charge in [-0.15, -0.1) is 0 Å². The number of benzene rings is 1. The lowest BCUT2D eigenvalue weighted by atomic mass is 9.88. The van der Waals surface area contributed by atoms with Crippen LogP contribution in [0.4, 0.5) is 0 Å². The molecule has 2 heterocycles. The van der Waals surface area contributed by atoms with Gasteiger partial charge >= 0.3 is 0 Å². The van der Waals surface area contributed by atoms with Crippen LogP contribution in [-0.4, -0.2) is 73.0 Å². The Balaban J connectivity index is 1.26. The largest absolute Gasteiger partial charge is 0.372 e. The molecule has 0 aromatic heterocycles. The zero-order chi connectivity index (χ0) is 23.8. The Bertz CT molecular complexity index is 764. The topological polar surface area (TPSA) is 61.9 Å². The molecule has 2 atom stereocenters. The Morgan fingerprint density at radius 2 is 1.61 bits per heavy atom. The van der Waals surface area contributed by atoms with Crippen molar-refractivity contribution < 1.29 is 14.3 Å². The summed E-state index contributed by atoms with van der Waals surface area (Å²) in [5.41, 5.74) is 2.38. The van der Waals surface area contributed by atoms with Crippen molar-refractivity contribution in [2.75, 3.05) is 39.3 Å². The molecule has 2 saturated heterocycles. The van der Waals surface area contributed by atoms with E-state index in [2.05, 4.69) is 46.3 Å². The SMILES string of the molecule is Cc1ccc(CN2CCN(CC3CCC(CNC(=O)CCCC(=O)C(C)(C)C)O3)CC2)cc1. The smallest absolute Gasteiger partial charge is 0.220 e. The van der Waals surface area contributed by atoms with Gasteiger partial charge in [-0.3, -0.25) is 19.4 Å². The third kappa shape index (κ3) is 8.84. The van der Waals surface area contributed by atoms with Crippen molar-refractivity contribution in [3.8, 4) is 0 Å². The average Bonchev–Trinajstić information content (AvgIpc) is 3.22. The number of hydrogen-bond acceptors (Lipinski definition) is 5. The van der Waals surface area contributed by atoms with Gasteiger partial charge in [-0.2, -0.15) is 0 Å². The highest BCUT2D eigenvalue weighted by atomic mass is 16.5. The molecule has 0 saturated carbocycles. The van der Waals surface area contributed by atoms with E-state index < -0.39 is 0 Å². The van der Waals surface area contributed by atoms with Crippen LogP contribution < -0.4 is 5.32 Å². The van der Waals surface area contributed by atoms with Crippen LogP contribution >= 0.6 is 0 Å². The third-order valence-corrected chi connectivity index (χ3v) is 6.82. The van der Waals surface area contributed by atoms with Gasteiger partial charge in [-0.05, 0) is 31.7 Å². The maximum Gasteiger partial charge on any atom is 0.220 e. The fourth-order valence-corrected chi connectivity index (χ4v) is 4.53. The number of nitrogens with zero attached hydrogens (tertiary/aromatic N) is 2. The maximum atomic E-state index is 12.1. The van der Waals surface area contributed by atoms with Crippen molar-refractivity contribution in [1.29, 1.82) is 0 Å². The first-order chi connectivity index (χ1) is 15.7. The molecule has 6 heteroatoms. The molecule has 0 radical (unpaired) electrons. The summed E-state index contributed by atoms with van der Waals surface area (Å²) in [6, 6.07) is 8.85. The van der Waals surface area contributed by atoms with E-state index in [1.54, 1.807) is 0 Å². The van der Waals surface area contributed by atoms with Crippen LogP contribution in [0.2, 0.25) is 0 Å². The Morgan fingerprint density at radius 3 is 2.27 bits per heavy atom. The van der Waals surface area contributed by atoms with Gasteiger partial charge in [0.1, 0.15) is 5.78 Å². The summed E-state index contributed by atoms with van der Waals surface area (Å²) in [6.07, 6.45) is 3.93. The van der Waals surface area contributed by atoms with Gasteiger partial charge in [0.15, 0.2) is 0 Å². The highest BCUT2D eigenvalue weighted by molar-refractivity contribution is 5.84. The summed E-state index contributed by atoms with van der Waals surface area (Å²) < 4.78 is 6.21. The number of ether oxygens (including phenoxy) is 1. The van der Waals surface area contributed by atoms with Crippen LogP contribution in [0, 0.1) is 12.3 Å². The molecule has 1 amide bonds. The Kier molecular flexibility index (Phi) is 9.47. The molecule has 1 aromatic rings. The van der Waals surface area contributed by atoms with E-state index in [4.69, 9.17) is 4.74 Å². The van der Waals surface area contributed by atoms with Gasteiger partial charge < -0.3 is 10.1 Å². The summed E-state index contributed by atoms with van der Waals surface area (Å²) >= 11 is 0. The number of ketones is 1. The van der Waals surface area contributed by atoms with Crippen LogP contribution in [0.1, 0.15) is 64.0 Å². The molecule has 1 N–H and O–H groups in total. The number of aryl methyl sites for hydroxylation is 1. The molecule has 33 heavy (non-hydrogen) atoms. The molecule has 0 bridgehead atoms. The molecule has 2 aliphatic heterocycles. The van der Waals surface area contributed by atoms with Crippen LogP contribution in [0.15, 0.2) is 24.3 Å².